The van der Waals surface area contributed by atoms with Gasteiger partial charge in [0.25, 0.3) is 0 Å². The van der Waals surface area contributed by atoms with E-state index in [1.807, 2.05) is 21.9 Å². The van der Waals surface area contributed by atoms with Crippen molar-refractivity contribution in [3.63, 3.8) is 0 Å². The quantitative estimate of drug-likeness (QED) is 0.562. The fraction of sp³-hybridized carbons (Fsp3) is 0.379. The van der Waals surface area contributed by atoms with E-state index in [4.69, 9.17) is 0 Å². The maximum absolute atomic E-state index is 13.8. The number of piperazine rings is 1. The van der Waals surface area contributed by atoms with Crippen LogP contribution in [0.3, 0.4) is 0 Å². The molecule has 3 heterocycles. The van der Waals surface area contributed by atoms with Crippen molar-refractivity contribution in [2.24, 2.45) is 0 Å². The summed E-state index contributed by atoms with van der Waals surface area (Å²) in [4.78, 5) is 34.7. The molecule has 2 aromatic carbocycles. The number of benzene rings is 2. The maximum Gasteiger partial charge on any atom is 0.246 e. The summed E-state index contributed by atoms with van der Waals surface area (Å²) in [5.74, 6) is 0.126. The highest BCUT2D eigenvalue weighted by Gasteiger charge is 2.48. The molecular formula is C29H31N3O2. The van der Waals surface area contributed by atoms with E-state index in [0.29, 0.717) is 13.0 Å². The molecule has 34 heavy (non-hydrogen) atoms. The number of aryl methyl sites for hydroxylation is 1. The van der Waals surface area contributed by atoms with Crippen LogP contribution >= 0.6 is 0 Å². The molecule has 3 aromatic rings. The first-order valence-corrected chi connectivity index (χ1v) is 12.5. The molecule has 5 heteroatoms. The molecule has 1 fully saturated rings. The minimum absolute atomic E-state index is 0.0390. The Morgan fingerprint density at radius 3 is 2.65 bits per heavy atom. The standard InChI is InChI=1S/C29H31N3O2/c1-19-11-13-21(14-12-19)28-27-23(22-9-5-6-10-24(22)30-27)17-25-29(34)31(18-26(33)32(25)28)16-15-20-7-3-2-4-8-20/h5-7,9-14,25,28,30H,2-4,8,15-18H2,1H3/t25-,28-/m0/s1. The zero-order valence-corrected chi connectivity index (χ0v) is 19.7. The van der Waals surface area contributed by atoms with Crippen molar-refractivity contribution in [3.05, 3.63) is 82.6 Å². The van der Waals surface area contributed by atoms with Crippen molar-refractivity contribution in [2.45, 2.75) is 57.5 Å². The first-order valence-electron chi connectivity index (χ1n) is 12.5. The number of aromatic nitrogens is 1. The van der Waals surface area contributed by atoms with Gasteiger partial charge in [0, 0.05) is 29.6 Å². The molecule has 0 radical (unpaired) electrons. The first kappa shape index (κ1) is 21.2. The third-order valence-corrected chi connectivity index (χ3v) is 7.82. The molecule has 0 spiro atoms. The van der Waals surface area contributed by atoms with Gasteiger partial charge in [0.1, 0.15) is 6.04 Å². The lowest BCUT2D eigenvalue weighted by molar-refractivity contribution is -0.158. The summed E-state index contributed by atoms with van der Waals surface area (Å²) in [5.41, 5.74) is 6.94. The second-order valence-corrected chi connectivity index (χ2v) is 10.0. The van der Waals surface area contributed by atoms with E-state index in [1.54, 1.807) is 0 Å². The van der Waals surface area contributed by atoms with Crippen molar-refractivity contribution in [1.82, 2.24) is 14.8 Å². The van der Waals surface area contributed by atoms with Gasteiger partial charge in [0.05, 0.1) is 12.6 Å². The largest absolute Gasteiger partial charge is 0.356 e. The number of carbonyl (C=O) groups is 2. The highest BCUT2D eigenvalue weighted by molar-refractivity contribution is 5.97. The molecule has 0 saturated carbocycles. The van der Waals surface area contributed by atoms with Gasteiger partial charge in [0.2, 0.25) is 11.8 Å². The number of amides is 2. The summed E-state index contributed by atoms with van der Waals surface area (Å²) in [7, 11) is 0. The van der Waals surface area contributed by atoms with Crippen molar-refractivity contribution >= 4 is 22.7 Å². The van der Waals surface area contributed by atoms with Gasteiger partial charge in [0.15, 0.2) is 0 Å². The van der Waals surface area contributed by atoms with Crippen molar-refractivity contribution < 1.29 is 9.59 Å². The SMILES string of the molecule is Cc1ccc([C@H]2c3[nH]c4ccccc4c3C[C@H]3C(=O)N(CCC4=CCCCC4)CC(=O)N23)cc1. The maximum atomic E-state index is 13.8. The predicted molar refractivity (Wildman–Crippen MR) is 133 cm³/mol. The number of nitrogens with zero attached hydrogens (tertiary/aromatic N) is 2. The molecule has 2 amide bonds. The van der Waals surface area contributed by atoms with E-state index in [-0.39, 0.29) is 24.4 Å². The van der Waals surface area contributed by atoms with E-state index in [0.717, 1.165) is 41.4 Å². The van der Waals surface area contributed by atoms with E-state index in [2.05, 4.69) is 54.4 Å². The van der Waals surface area contributed by atoms with Crippen LogP contribution < -0.4 is 0 Å². The van der Waals surface area contributed by atoms with Crippen molar-refractivity contribution in [1.29, 1.82) is 0 Å². The molecule has 0 unspecified atom stereocenters. The number of allylic oxidation sites excluding steroid dienone is 1. The summed E-state index contributed by atoms with van der Waals surface area (Å²) in [6.45, 7) is 2.87. The number of H-pyrrole nitrogens is 1. The van der Waals surface area contributed by atoms with Crippen molar-refractivity contribution in [3.8, 4) is 0 Å². The normalized spacial score (nSPS) is 22.6. The molecule has 3 aliphatic rings. The fourth-order valence-electron chi connectivity index (χ4n) is 6.02. The summed E-state index contributed by atoms with van der Waals surface area (Å²) >= 11 is 0. The van der Waals surface area contributed by atoms with Gasteiger partial charge in [-0.25, -0.2) is 0 Å². The monoisotopic (exact) mass is 453 g/mol. The third kappa shape index (κ3) is 3.54. The first-order chi connectivity index (χ1) is 16.6. The van der Waals surface area contributed by atoms with Gasteiger partial charge in [-0.1, -0.05) is 59.7 Å². The van der Waals surface area contributed by atoms with Crippen molar-refractivity contribution in [2.75, 3.05) is 13.1 Å². The summed E-state index contributed by atoms with van der Waals surface area (Å²) in [6, 6.07) is 15.9. The molecule has 1 aliphatic carbocycles. The molecular weight excluding hydrogens is 422 g/mol. The number of aromatic amines is 1. The number of hydrogen-bond donors (Lipinski definition) is 1. The Kier molecular flexibility index (Phi) is 5.28. The van der Waals surface area contributed by atoms with Gasteiger partial charge < -0.3 is 14.8 Å². The van der Waals surface area contributed by atoms with E-state index < -0.39 is 6.04 Å². The van der Waals surface area contributed by atoms with Crippen LogP contribution in [0, 0.1) is 6.92 Å². The lowest BCUT2D eigenvalue weighted by Gasteiger charge is -2.47. The number of fused-ring (bicyclic) bond motifs is 4. The van der Waals surface area contributed by atoms with Gasteiger partial charge in [-0.3, -0.25) is 9.59 Å². The Hall–Kier alpha value is -3.34. The molecule has 2 aliphatic heterocycles. The average Bonchev–Trinajstić information content (AvgIpc) is 3.24. The molecule has 1 saturated heterocycles. The summed E-state index contributed by atoms with van der Waals surface area (Å²) < 4.78 is 0. The predicted octanol–water partition coefficient (Wildman–Crippen LogP) is 5.05. The second kappa shape index (κ2) is 8.46. The number of rotatable bonds is 4. The molecule has 6 rings (SSSR count). The van der Waals surface area contributed by atoms with Gasteiger partial charge >= 0.3 is 0 Å². The molecule has 5 nitrogen and oxygen atoms in total. The summed E-state index contributed by atoms with van der Waals surface area (Å²) in [5, 5.41) is 1.15. The van der Waals surface area contributed by atoms with Crippen LogP contribution in [0.1, 0.15) is 60.5 Å². The highest BCUT2D eigenvalue weighted by atomic mass is 16.2. The lowest BCUT2D eigenvalue weighted by Crippen LogP contribution is -2.63. The molecule has 1 N–H and O–H groups in total. The zero-order valence-electron chi connectivity index (χ0n) is 19.7. The Morgan fingerprint density at radius 1 is 1.03 bits per heavy atom. The van der Waals surface area contributed by atoms with Crippen LogP contribution in [-0.2, 0) is 16.0 Å². The van der Waals surface area contributed by atoms with Crippen LogP contribution in [0.5, 0.6) is 0 Å². The molecule has 174 valence electrons. The van der Waals surface area contributed by atoms with E-state index >= 15 is 0 Å². The Balaban J connectivity index is 1.38. The second-order valence-electron chi connectivity index (χ2n) is 10.0. The fourth-order valence-corrected chi connectivity index (χ4v) is 6.02. The Bertz CT molecular complexity index is 1290. The van der Waals surface area contributed by atoms with Gasteiger partial charge in [-0.2, -0.15) is 0 Å². The smallest absolute Gasteiger partial charge is 0.246 e. The van der Waals surface area contributed by atoms with Gasteiger partial charge in [-0.05, 0) is 56.2 Å². The number of nitrogens with one attached hydrogen (secondary N) is 1. The minimum atomic E-state index is -0.459. The topological polar surface area (TPSA) is 56.4 Å². The average molecular weight is 454 g/mol. The van der Waals surface area contributed by atoms with Crippen LogP contribution in [0.15, 0.2) is 60.2 Å². The van der Waals surface area contributed by atoms with Crippen LogP contribution in [0.4, 0.5) is 0 Å². The Morgan fingerprint density at radius 2 is 1.85 bits per heavy atom. The minimum Gasteiger partial charge on any atom is -0.356 e. The van der Waals surface area contributed by atoms with Gasteiger partial charge in [-0.15, -0.1) is 0 Å². The molecule has 2 atom stereocenters. The molecule has 1 aromatic heterocycles. The number of hydrogen-bond acceptors (Lipinski definition) is 2. The summed E-state index contributed by atoms with van der Waals surface area (Å²) in [6.07, 6.45) is 8.53. The number of para-hydroxylation sites is 1. The Labute approximate surface area is 200 Å². The van der Waals surface area contributed by atoms with Crippen LogP contribution in [0.2, 0.25) is 0 Å². The third-order valence-electron chi connectivity index (χ3n) is 7.82. The van der Waals surface area contributed by atoms with Crippen LogP contribution in [-0.4, -0.2) is 45.7 Å². The lowest BCUT2D eigenvalue weighted by atomic mass is 9.86. The zero-order chi connectivity index (χ0) is 23.2. The molecule has 0 bridgehead atoms. The highest BCUT2D eigenvalue weighted by Crippen LogP contribution is 2.42. The number of carbonyl (C=O) groups excluding carboxylic acids is 2. The van der Waals surface area contributed by atoms with Crippen LogP contribution in [0.25, 0.3) is 10.9 Å². The van der Waals surface area contributed by atoms with E-state index in [9.17, 15) is 9.59 Å². The van der Waals surface area contributed by atoms with E-state index in [1.165, 1.54) is 29.5 Å².